The lowest BCUT2D eigenvalue weighted by Crippen LogP contribution is -2.62. The third kappa shape index (κ3) is 3.54. The zero-order valence-electron chi connectivity index (χ0n) is 13.8. The molecule has 1 amide bonds. The Hall–Kier alpha value is -1.57. The maximum absolute atomic E-state index is 12.6. The highest BCUT2D eigenvalue weighted by Gasteiger charge is 2.40. The molecule has 1 aromatic carbocycles. The molecule has 3 fully saturated rings. The molecule has 5 rings (SSSR count). The Morgan fingerprint density at radius 3 is 2.60 bits per heavy atom. The van der Waals surface area contributed by atoms with Crippen LogP contribution in [-0.2, 0) is 0 Å². The number of fused-ring (bicyclic) bond motifs is 3. The van der Waals surface area contributed by atoms with Gasteiger partial charge in [-0.3, -0.25) is 9.69 Å². The van der Waals surface area contributed by atoms with Gasteiger partial charge in [-0.2, -0.15) is 0 Å². The Bertz CT molecular complexity index is 756. The van der Waals surface area contributed by atoms with E-state index in [0.29, 0.717) is 22.7 Å². The summed E-state index contributed by atoms with van der Waals surface area (Å²) in [5.41, 5.74) is 0.663. The van der Waals surface area contributed by atoms with Crippen LogP contribution in [-0.4, -0.2) is 46.2 Å². The summed E-state index contributed by atoms with van der Waals surface area (Å²) in [4.78, 5) is 16.0. The first-order valence-electron chi connectivity index (χ1n) is 8.42. The average molecular weight is 379 g/mol. The maximum atomic E-state index is 12.6. The van der Waals surface area contributed by atoms with E-state index in [0.717, 1.165) is 18.0 Å². The van der Waals surface area contributed by atoms with Crippen LogP contribution in [0.3, 0.4) is 0 Å². The van der Waals surface area contributed by atoms with Crippen molar-refractivity contribution in [2.75, 3.05) is 13.1 Å². The van der Waals surface area contributed by atoms with Crippen molar-refractivity contribution in [3.05, 3.63) is 35.2 Å². The molecule has 0 radical (unpaired) electrons. The van der Waals surface area contributed by atoms with Crippen LogP contribution in [0.1, 0.15) is 30.1 Å². The van der Waals surface area contributed by atoms with Gasteiger partial charge < -0.3 is 9.73 Å². The normalized spacial score (nSPS) is 28.1. The summed E-state index contributed by atoms with van der Waals surface area (Å²) in [5, 5.41) is 11.1. The lowest BCUT2D eigenvalue weighted by atomic mass is 9.79. The molecule has 8 heteroatoms. The largest absolute Gasteiger partial charge is 0.402 e. The molecule has 25 heavy (non-hydrogen) atoms. The van der Waals surface area contributed by atoms with Crippen molar-refractivity contribution in [3.8, 4) is 0 Å². The van der Waals surface area contributed by atoms with Crippen molar-refractivity contribution in [2.24, 2.45) is 5.92 Å². The van der Waals surface area contributed by atoms with Gasteiger partial charge in [-0.25, -0.2) is 0 Å². The Balaban J connectivity index is 1.40. The smallest absolute Gasteiger partial charge is 0.313 e. The fourth-order valence-electron chi connectivity index (χ4n) is 3.79. The van der Waals surface area contributed by atoms with E-state index in [1.807, 2.05) is 24.3 Å². The molecule has 2 bridgehead atoms. The molecule has 1 aromatic heterocycles. The van der Waals surface area contributed by atoms with Gasteiger partial charge in [0.05, 0.1) is 0 Å². The Labute approximate surface area is 155 Å². The molecular weight excluding hydrogens is 360 g/mol. The second-order valence-corrected chi connectivity index (χ2v) is 7.91. The molecule has 0 saturated carbocycles. The first-order valence-corrected chi connectivity index (χ1v) is 9.61. The predicted molar refractivity (Wildman–Crippen MR) is 94.9 cm³/mol. The third-order valence-corrected chi connectivity index (χ3v) is 6.18. The lowest BCUT2D eigenvalue weighted by molar-refractivity contribution is 0.0217. The highest BCUT2D eigenvalue weighted by Crippen LogP contribution is 2.32. The number of halogens is 1. The molecule has 132 valence electrons. The number of rotatable bonds is 4. The summed E-state index contributed by atoms with van der Waals surface area (Å²) < 4.78 is 5.13. The van der Waals surface area contributed by atoms with E-state index >= 15 is 0 Å². The van der Waals surface area contributed by atoms with Crippen LogP contribution in [0.4, 0.5) is 0 Å². The average Bonchev–Trinajstić information content (AvgIpc) is 3.04. The first-order chi connectivity index (χ1) is 12.1. The number of carbonyl (C=O) groups excluding carboxylic acids is 1. The minimum atomic E-state index is -0.0111. The van der Waals surface area contributed by atoms with Crippen LogP contribution >= 0.6 is 23.4 Å². The molecule has 0 spiro atoms. The molecule has 3 saturated heterocycles. The Morgan fingerprint density at radius 2 is 2.00 bits per heavy atom. The zero-order chi connectivity index (χ0) is 17.4. The summed E-state index contributed by atoms with van der Waals surface area (Å²) in [7, 11) is 0. The minimum Gasteiger partial charge on any atom is -0.402 e. The molecule has 0 unspecified atom stereocenters. The van der Waals surface area contributed by atoms with E-state index in [9.17, 15) is 4.79 Å². The number of benzene rings is 1. The van der Waals surface area contributed by atoms with E-state index in [-0.39, 0.29) is 17.3 Å². The zero-order valence-corrected chi connectivity index (χ0v) is 15.4. The molecule has 0 aliphatic carbocycles. The van der Waals surface area contributed by atoms with Crippen molar-refractivity contribution < 1.29 is 9.21 Å². The first kappa shape index (κ1) is 16.9. The van der Waals surface area contributed by atoms with Gasteiger partial charge in [0, 0.05) is 22.5 Å². The van der Waals surface area contributed by atoms with Gasteiger partial charge in [0.25, 0.3) is 11.1 Å². The topological polar surface area (TPSA) is 71.3 Å². The molecule has 3 aliphatic heterocycles. The predicted octanol–water partition coefficient (Wildman–Crippen LogP) is 3.09. The van der Waals surface area contributed by atoms with E-state index in [1.165, 1.54) is 24.6 Å². The lowest BCUT2D eigenvalue weighted by Gasteiger charge is -2.49. The summed E-state index contributed by atoms with van der Waals surface area (Å²) in [6.07, 6.45) is 2.36. The van der Waals surface area contributed by atoms with Crippen LogP contribution in [0.2, 0.25) is 5.35 Å². The van der Waals surface area contributed by atoms with Crippen LogP contribution in [0.25, 0.3) is 0 Å². The molecule has 2 atom stereocenters. The van der Waals surface area contributed by atoms with Gasteiger partial charge in [-0.05, 0) is 86.4 Å². The number of piperidine rings is 3. The van der Waals surface area contributed by atoms with E-state index < -0.39 is 0 Å². The summed E-state index contributed by atoms with van der Waals surface area (Å²) in [5.74, 6) is 0.587. The molecule has 4 heterocycles. The minimum absolute atomic E-state index is 0.0111. The number of hydrogen-bond donors (Lipinski definition) is 1. The maximum Gasteiger partial charge on any atom is 0.313 e. The quantitative estimate of drug-likeness (QED) is 0.881. The molecular formula is C17H19ClN4O2S. The SMILES string of the molecule is C[C@H]1[C@H](NC(=O)c2ccc(Sc3nnc(Cl)o3)cc2)C2CCN1CC2. The Kier molecular flexibility index (Phi) is 4.71. The van der Waals surface area contributed by atoms with Crippen LogP contribution < -0.4 is 5.32 Å². The van der Waals surface area contributed by atoms with Crippen molar-refractivity contribution >= 4 is 29.3 Å². The number of carbonyl (C=O) groups is 1. The van der Waals surface area contributed by atoms with Gasteiger partial charge in [-0.1, -0.05) is 10.2 Å². The highest BCUT2D eigenvalue weighted by molar-refractivity contribution is 7.99. The van der Waals surface area contributed by atoms with E-state index in [4.69, 9.17) is 16.0 Å². The molecule has 2 aromatic rings. The van der Waals surface area contributed by atoms with Gasteiger partial charge in [0.1, 0.15) is 0 Å². The van der Waals surface area contributed by atoms with Crippen molar-refractivity contribution in [2.45, 2.75) is 42.0 Å². The number of nitrogens with one attached hydrogen (secondary N) is 1. The number of aromatic nitrogens is 2. The van der Waals surface area contributed by atoms with E-state index in [1.54, 1.807) is 0 Å². The van der Waals surface area contributed by atoms with Gasteiger partial charge >= 0.3 is 5.35 Å². The fraction of sp³-hybridized carbons (Fsp3) is 0.471. The van der Waals surface area contributed by atoms with Gasteiger partial charge in [-0.15, -0.1) is 0 Å². The summed E-state index contributed by atoms with van der Waals surface area (Å²) >= 11 is 6.93. The van der Waals surface area contributed by atoms with Crippen LogP contribution in [0.15, 0.2) is 38.8 Å². The van der Waals surface area contributed by atoms with Gasteiger partial charge in [0.15, 0.2) is 0 Å². The molecule has 6 nitrogen and oxygen atoms in total. The van der Waals surface area contributed by atoms with Crippen molar-refractivity contribution in [1.82, 2.24) is 20.4 Å². The van der Waals surface area contributed by atoms with E-state index in [2.05, 4.69) is 27.3 Å². The summed E-state index contributed by atoms with van der Waals surface area (Å²) in [6, 6.07) is 8.04. The van der Waals surface area contributed by atoms with Crippen molar-refractivity contribution in [3.63, 3.8) is 0 Å². The molecule has 3 aliphatic rings. The highest BCUT2D eigenvalue weighted by atomic mass is 35.5. The third-order valence-electron chi connectivity index (χ3n) is 5.18. The van der Waals surface area contributed by atoms with Crippen molar-refractivity contribution in [1.29, 1.82) is 0 Å². The number of nitrogens with zero attached hydrogens (tertiary/aromatic N) is 3. The standard InChI is InChI=1S/C17H19ClN4O2S/c1-10-14(11-6-8-22(10)9-7-11)19-15(23)12-2-4-13(5-3-12)25-17-21-20-16(18)24-17/h2-5,10-11,14H,6-9H2,1H3,(H,19,23)/t10-,14-/m0/s1. The summed E-state index contributed by atoms with van der Waals surface area (Å²) in [6.45, 7) is 4.53. The number of amides is 1. The van der Waals surface area contributed by atoms with Crippen LogP contribution in [0, 0.1) is 5.92 Å². The van der Waals surface area contributed by atoms with Crippen LogP contribution in [0.5, 0.6) is 0 Å². The second kappa shape index (κ2) is 6.97. The number of hydrogen-bond acceptors (Lipinski definition) is 6. The molecule has 1 N–H and O–H groups in total. The Morgan fingerprint density at radius 1 is 1.28 bits per heavy atom. The second-order valence-electron chi connectivity index (χ2n) is 6.56. The van der Waals surface area contributed by atoms with Gasteiger partial charge in [0.2, 0.25) is 0 Å². The monoisotopic (exact) mass is 378 g/mol. The fourth-order valence-corrected chi connectivity index (χ4v) is 4.62.